The molecule has 2 N–H and O–H groups in total. The normalized spacial score (nSPS) is 24.7. The van der Waals surface area contributed by atoms with Gasteiger partial charge in [-0.15, -0.1) is 0 Å². The lowest BCUT2D eigenvalue weighted by molar-refractivity contribution is 0.263. The average Bonchev–Trinajstić information content (AvgIpc) is 2.93. The molecule has 2 unspecified atom stereocenters. The van der Waals surface area contributed by atoms with Crippen LogP contribution < -0.4 is 5.73 Å². The Morgan fingerprint density at radius 3 is 2.60 bits per heavy atom. The van der Waals surface area contributed by atoms with Gasteiger partial charge in [0, 0.05) is 25.2 Å². The molecular formula is C12H20BrN3O3S. The van der Waals surface area contributed by atoms with Gasteiger partial charge in [-0.2, -0.15) is 4.31 Å². The number of sulfonamides is 1. The van der Waals surface area contributed by atoms with Gasteiger partial charge in [0.15, 0.2) is 4.67 Å². The van der Waals surface area contributed by atoms with Crippen molar-refractivity contribution in [2.45, 2.75) is 24.4 Å². The van der Waals surface area contributed by atoms with E-state index in [1.165, 1.54) is 10.4 Å². The summed E-state index contributed by atoms with van der Waals surface area (Å²) in [5, 5.41) is 0. The van der Waals surface area contributed by atoms with Crippen LogP contribution in [0.3, 0.4) is 0 Å². The van der Waals surface area contributed by atoms with Crippen LogP contribution in [-0.2, 0) is 16.6 Å². The summed E-state index contributed by atoms with van der Waals surface area (Å²) in [4.78, 5) is 2.22. The molecule has 0 spiro atoms. The Labute approximate surface area is 128 Å². The van der Waals surface area contributed by atoms with Crippen molar-refractivity contribution >= 4 is 26.0 Å². The molecule has 2 rings (SSSR count). The first kappa shape index (κ1) is 16.0. The Hall–Kier alpha value is -0.410. The summed E-state index contributed by atoms with van der Waals surface area (Å²) in [7, 11) is 0.392. The Kier molecular flexibility index (Phi) is 4.60. The lowest BCUT2D eigenvalue weighted by Crippen LogP contribution is -2.35. The molecule has 114 valence electrons. The molecule has 1 aliphatic heterocycles. The lowest BCUT2D eigenvalue weighted by Gasteiger charge is -2.22. The highest BCUT2D eigenvalue weighted by Gasteiger charge is 2.39. The van der Waals surface area contributed by atoms with Crippen LogP contribution in [0.4, 0.5) is 0 Å². The van der Waals surface area contributed by atoms with Crippen molar-refractivity contribution in [3.8, 4) is 0 Å². The van der Waals surface area contributed by atoms with E-state index in [0.29, 0.717) is 24.8 Å². The van der Waals surface area contributed by atoms with Gasteiger partial charge in [0.25, 0.3) is 0 Å². The first-order valence-electron chi connectivity index (χ1n) is 6.42. The van der Waals surface area contributed by atoms with E-state index in [1.807, 2.05) is 14.1 Å². The van der Waals surface area contributed by atoms with E-state index >= 15 is 0 Å². The number of likely N-dealkylation sites (N-methyl/N-ethyl adjacent to an activating group) is 1. The average molecular weight is 366 g/mol. The van der Waals surface area contributed by atoms with Crippen molar-refractivity contribution in [1.82, 2.24) is 9.21 Å². The van der Waals surface area contributed by atoms with Crippen molar-refractivity contribution in [2.24, 2.45) is 11.7 Å². The quantitative estimate of drug-likeness (QED) is 0.863. The first-order chi connectivity index (χ1) is 9.27. The molecule has 1 aliphatic rings. The minimum Gasteiger partial charge on any atom is -0.452 e. The van der Waals surface area contributed by atoms with Gasteiger partial charge >= 0.3 is 0 Å². The third kappa shape index (κ3) is 2.80. The number of nitrogens with zero attached hydrogens (tertiary/aromatic N) is 2. The second-order valence-corrected chi connectivity index (χ2v) is 8.01. The van der Waals surface area contributed by atoms with E-state index in [1.54, 1.807) is 0 Å². The predicted octanol–water partition coefficient (Wildman–Crippen LogP) is 1.07. The van der Waals surface area contributed by atoms with E-state index in [9.17, 15) is 8.42 Å². The molecule has 0 aliphatic carbocycles. The minimum absolute atomic E-state index is 0.157. The Morgan fingerprint density at radius 2 is 2.15 bits per heavy atom. The summed E-state index contributed by atoms with van der Waals surface area (Å²) in [5.41, 5.74) is 5.48. The maximum Gasteiger partial charge on any atom is 0.247 e. The Morgan fingerprint density at radius 1 is 1.50 bits per heavy atom. The Bertz CT molecular complexity index is 585. The van der Waals surface area contributed by atoms with Crippen LogP contribution in [-0.4, -0.2) is 50.8 Å². The van der Waals surface area contributed by atoms with Gasteiger partial charge in [-0.3, -0.25) is 0 Å². The van der Waals surface area contributed by atoms with Crippen LogP contribution >= 0.6 is 15.9 Å². The second-order valence-electron chi connectivity index (χ2n) is 5.39. The molecule has 1 aromatic heterocycles. The maximum absolute atomic E-state index is 12.7. The molecule has 0 amide bonds. The number of furan rings is 1. The highest BCUT2D eigenvalue weighted by Crippen LogP contribution is 2.32. The zero-order chi connectivity index (χ0) is 15.1. The molecule has 1 aromatic rings. The molecule has 0 aromatic carbocycles. The van der Waals surface area contributed by atoms with E-state index in [4.69, 9.17) is 10.2 Å². The molecule has 0 saturated carbocycles. The van der Waals surface area contributed by atoms with E-state index in [-0.39, 0.29) is 22.2 Å². The van der Waals surface area contributed by atoms with Crippen molar-refractivity contribution in [3.05, 3.63) is 16.5 Å². The summed E-state index contributed by atoms with van der Waals surface area (Å²) in [5.74, 6) is 0.742. The highest BCUT2D eigenvalue weighted by atomic mass is 79.9. The van der Waals surface area contributed by atoms with Gasteiger partial charge in [-0.1, -0.05) is 6.92 Å². The lowest BCUT2D eigenvalue weighted by atomic mass is 10.1. The number of halogens is 1. The summed E-state index contributed by atoms with van der Waals surface area (Å²) in [6.45, 7) is 3.24. The van der Waals surface area contributed by atoms with Gasteiger partial charge in [0.1, 0.15) is 10.7 Å². The van der Waals surface area contributed by atoms with Crippen LogP contribution in [0.1, 0.15) is 12.7 Å². The molecule has 8 heteroatoms. The number of rotatable bonds is 4. The number of hydrogen-bond donors (Lipinski definition) is 1. The monoisotopic (exact) mass is 365 g/mol. The predicted molar refractivity (Wildman–Crippen MR) is 79.7 cm³/mol. The van der Waals surface area contributed by atoms with E-state index in [2.05, 4.69) is 27.8 Å². The molecule has 0 bridgehead atoms. The fourth-order valence-corrected chi connectivity index (χ4v) is 5.11. The molecule has 6 nitrogen and oxygen atoms in total. The standard InChI is InChI=1S/C12H20BrN3O3S/c1-8-6-16(7-10(8)15(2)3)20(17,18)11-4-9(5-14)19-12(11)13/h4,8,10H,5-7,14H2,1-3H3. The Balaban J connectivity index is 2.30. The zero-order valence-electron chi connectivity index (χ0n) is 11.8. The smallest absolute Gasteiger partial charge is 0.247 e. The molecule has 2 atom stereocenters. The minimum atomic E-state index is -3.55. The van der Waals surface area contributed by atoms with Crippen molar-refractivity contribution < 1.29 is 12.8 Å². The van der Waals surface area contributed by atoms with E-state index < -0.39 is 10.0 Å². The molecular weight excluding hydrogens is 346 g/mol. The third-order valence-corrected chi connectivity index (χ3v) is 6.42. The maximum atomic E-state index is 12.7. The topological polar surface area (TPSA) is 79.8 Å². The summed E-state index contributed by atoms with van der Waals surface area (Å²) >= 11 is 3.16. The van der Waals surface area contributed by atoms with Crippen molar-refractivity contribution in [3.63, 3.8) is 0 Å². The van der Waals surface area contributed by atoms with Crippen LogP contribution in [0.25, 0.3) is 0 Å². The van der Waals surface area contributed by atoms with Crippen LogP contribution in [0.2, 0.25) is 0 Å². The SMILES string of the molecule is CC1CN(S(=O)(=O)c2cc(CN)oc2Br)CC1N(C)C. The molecule has 0 radical (unpaired) electrons. The van der Waals surface area contributed by atoms with Crippen LogP contribution in [0.15, 0.2) is 20.0 Å². The van der Waals surface area contributed by atoms with Gasteiger partial charge in [-0.25, -0.2) is 8.42 Å². The van der Waals surface area contributed by atoms with Crippen molar-refractivity contribution in [1.29, 1.82) is 0 Å². The zero-order valence-corrected chi connectivity index (χ0v) is 14.2. The first-order valence-corrected chi connectivity index (χ1v) is 8.65. The fourth-order valence-electron chi connectivity index (χ4n) is 2.59. The van der Waals surface area contributed by atoms with Crippen molar-refractivity contribution in [2.75, 3.05) is 27.2 Å². The van der Waals surface area contributed by atoms with Gasteiger partial charge in [0.2, 0.25) is 10.0 Å². The largest absolute Gasteiger partial charge is 0.452 e. The van der Waals surface area contributed by atoms with E-state index in [0.717, 1.165) is 0 Å². The van der Waals surface area contributed by atoms with Gasteiger partial charge < -0.3 is 15.1 Å². The molecule has 1 fully saturated rings. The van der Waals surface area contributed by atoms with Gasteiger partial charge in [0.05, 0.1) is 6.54 Å². The van der Waals surface area contributed by atoms with Crippen LogP contribution in [0.5, 0.6) is 0 Å². The number of hydrogen-bond acceptors (Lipinski definition) is 5. The summed E-state index contributed by atoms with van der Waals surface area (Å²) < 4.78 is 32.4. The molecule has 1 saturated heterocycles. The fraction of sp³-hybridized carbons (Fsp3) is 0.667. The molecule has 20 heavy (non-hydrogen) atoms. The van der Waals surface area contributed by atoms with Crippen LogP contribution in [0, 0.1) is 5.92 Å². The summed E-state index contributed by atoms with van der Waals surface area (Å²) in [6.07, 6.45) is 0. The number of nitrogens with two attached hydrogens (primary N) is 1. The molecule has 2 heterocycles. The second kappa shape index (κ2) is 5.76. The third-order valence-electron chi connectivity index (χ3n) is 3.73. The van der Waals surface area contributed by atoms with Gasteiger partial charge in [-0.05, 0) is 35.9 Å². The summed E-state index contributed by atoms with van der Waals surface area (Å²) in [6, 6.07) is 1.72. The highest BCUT2D eigenvalue weighted by molar-refractivity contribution is 9.10.